The normalized spacial score (nSPS) is 12.9. The van der Waals surface area contributed by atoms with Gasteiger partial charge in [-0.15, -0.1) is 0 Å². The molecule has 382 valence electrons. The van der Waals surface area contributed by atoms with E-state index in [1.54, 1.807) is 6.08 Å². The number of amides is 1. The fourth-order valence-electron chi connectivity index (χ4n) is 8.68. The fourth-order valence-corrected chi connectivity index (χ4v) is 8.68. The molecule has 6 nitrogen and oxygen atoms in total. The van der Waals surface area contributed by atoms with Gasteiger partial charge in [-0.25, -0.2) is 0 Å². The van der Waals surface area contributed by atoms with Crippen LogP contribution in [0.1, 0.15) is 303 Å². The second-order valence-electron chi connectivity index (χ2n) is 19.6. The maximum Gasteiger partial charge on any atom is 0.305 e. The minimum absolute atomic E-state index is 0.0232. The lowest BCUT2D eigenvalue weighted by Crippen LogP contribution is -2.45. The molecule has 0 saturated heterocycles. The summed E-state index contributed by atoms with van der Waals surface area (Å²) in [4.78, 5) is 24.5. The fraction of sp³-hybridized carbons (Fsp3) is 0.864. The van der Waals surface area contributed by atoms with Crippen molar-refractivity contribution in [2.75, 3.05) is 13.2 Å². The highest BCUT2D eigenvalue weighted by Gasteiger charge is 2.18. The molecule has 3 N–H and O–H groups in total. The monoisotopic (exact) mass is 914 g/mol. The molecule has 0 aromatic carbocycles. The second kappa shape index (κ2) is 54.7. The number of ether oxygens (including phenoxy) is 1. The molecule has 0 aromatic rings. The molecule has 0 aliphatic heterocycles. The van der Waals surface area contributed by atoms with Crippen molar-refractivity contribution in [2.45, 2.75) is 315 Å². The van der Waals surface area contributed by atoms with Crippen molar-refractivity contribution >= 4 is 11.9 Å². The molecule has 2 atom stereocenters. The number of carbonyl (C=O) groups excluding carboxylic acids is 2. The third kappa shape index (κ3) is 51.3. The number of unbranched alkanes of at least 4 members (excludes halogenated alkanes) is 38. The molecule has 0 aliphatic rings. The minimum Gasteiger partial charge on any atom is -0.466 e. The van der Waals surface area contributed by atoms with Crippen molar-refractivity contribution in [1.82, 2.24) is 5.32 Å². The van der Waals surface area contributed by atoms with Crippen LogP contribution in [0, 0.1) is 0 Å². The predicted octanol–water partition coefficient (Wildman–Crippen LogP) is 17.6. The van der Waals surface area contributed by atoms with E-state index in [2.05, 4.69) is 43.5 Å². The summed E-state index contributed by atoms with van der Waals surface area (Å²) >= 11 is 0. The number of esters is 1. The molecule has 65 heavy (non-hydrogen) atoms. The Hall–Kier alpha value is -1.92. The minimum atomic E-state index is -0.863. The lowest BCUT2D eigenvalue weighted by molar-refractivity contribution is -0.143. The number of aliphatic hydroxyl groups is 2. The van der Waals surface area contributed by atoms with Crippen molar-refractivity contribution in [1.29, 1.82) is 0 Å². The van der Waals surface area contributed by atoms with E-state index in [0.29, 0.717) is 19.4 Å². The molecule has 0 rings (SSSR count). The molecule has 0 bridgehead atoms. The summed E-state index contributed by atoms with van der Waals surface area (Å²) in [6, 6.07) is -0.650. The summed E-state index contributed by atoms with van der Waals surface area (Å²) in [6.07, 6.45) is 67.3. The van der Waals surface area contributed by atoms with Crippen LogP contribution in [0.4, 0.5) is 0 Å². The van der Waals surface area contributed by atoms with Crippen LogP contribution in [0.5, 0.6) is 0 Å². The molecule has 0 aromatic heterocycles. The van der Waals surface area contributed by atoms with E-state index < -0.39 is 12.1 Å². The van der Waals surface area contributed by atoms with Gasteiger partial charge >= 0.3 is 5.97 Å². The zero-order chi connectivity index (χ0) is 47.2. The number of rotatable bonds is 53. The van der Waals surface area contributed by atoms with Crippen molar-refractivity contribution in [3.05, 3.63) is 36.5 Å². The van der Waals surface area contributed by atoms with Gasteiger partial charge < -0.3 is 20.3 Å². The van der Waals surface area contributed by atoms with Gasteiger partial charge in [0.15, 0.2) is 0 Å². The third-order valence-electron chi connectivity index (χ3n) is 13.1. The Morgan fingerprint density at radius 3 is 1.12 bits per heavy atom. The smallest absolute Gasteiger partial charge is 0.305 e. The first kappa shape index (κ1) is 63.1. The van der Waals surface area contributed by atoms with Crippen LogP contribution in [0.25, 0.3) is 0 Å². The average Bonchev–Trinajstić information content (AvgIpc) is 3.31. The van der Waals surface area contributed by atoms with Crippen molar-refractivity contribution < 1.29 is 24.5 Å². The maximum atomic E-state index is 12.5. The molecule has 0 radical (unpaired) electrons. The van der Waals surface area contributed by atoms with Crippen LogP contribution >= 0.6 is 0 Å². The molecule has 1 amide bonds. The summed E-state index contributed by atoms with van der Waals surface area (Å²) in [5.41, 5.74) is 0. The summed E-state index contributed by atoms with van der Waals surface area (Å²) in [5.74, 6) is -0.120. The summed E-state index contributed by atoms with van der Waals surface area (Å²) in [5, 5.41) is 23.1. The number of hydrogen-bond donors (Lipinski definition) is 3. The molecule has 0 saturated carbocycles. The van der Waals surface area contributed by atoms with E-state index in [-0.39, 0.29) is 18.5 Å². The zero-order valence-corrected chi connectivity index (χ0v) is 43.5. The second-order valence-corrected chi connectivity index (χ2v) is 19.6. The van der Waals surface area contributed by atoms with Crippen molar-refractivity contribution in [3.63, 3.8) is 0 Å². The van der Waals surface area contributed by atoms with Crippen LogP contribution in [0.2, 0.25) is 0 Å². The molecule has 0 aliphatic carbocycles. The van der Waals surface area contributed by atoms with Gasteiger partial charge in [-0.3, -0.25) is 9.59 Å². The largest absolute Gasteiger partial charge is 0.466 e. The van der Waals surface area contributed by atoms with Gasteiger partial charge in [-0.2, -0.15) is 0 Å². The van der Waals surface area contributed by atoms with Crippen LogP contribution in [0.3, 0.4) is 0 Å². The van der Waals surface area contributed by atoms with Gasteiger partial charge in [0, 0.05) is 12.8 Å². The van der Waals surface area contributed by atoms with Crippen molar-refractivity contribution in [3.8, 4) is 0 Å². The number of carbonyl (C=O) groups is 2. The van der Waals surface area contributed by atoms with Crippen molar-refractivity contribution in [2.24, 2.45) is 0 Å². The molecule has 0 heterocycles. The van der Waals surface area contributed by atoms with E-state index in [9.17, 15) is 19.8 Å². The SMILES string of the molecule is CCCCCC/C=C\CCCCCCCC(=O)OCCCCCCCC/C=C\CCCCCC(=O)NC(CO)C(O)/C=C/CCCCCCCCCCCCCCCCCCCCCC. The van der Waals surface area contributed by atoms with Crippen LogP contribution in [0.15, 0.2) is 36.5 Å². The Balaban J connectivity index is 3.54. The van der Waals surface area contributed by atoms with Crippen LogP contribution in [-0.2, 0) is 14.3 Å². The molecular formula is C59H111NO5. The predicted molar refractivity (Wildman–Crippen MR) is 283 cm³/mol. The van der Waals surface area contributed by atoms with Gasteiger partial charge in [0.05, 0.1) is 25.4 Å². The first-order chi connectivity index (χ1) is 32.0. The average molecular weight is 915 g/mol. The number of allylic oxidation sites excluding steroid dienone is 5. The Labute approximate surface area is 404 Å². The third-order valence-corrected chi connectivity index (χ3v) is 13.1. The first-order valence-corrected chi connectivity index (χ1v) is 28.8. The number of nitrogens with one attached hydrogen (secondary N) is 1. The zero-order valence-electron chi connectivity index (χ0n) is 43.5. The standard InChI is InChI=1S/C59H111NO5/c1-3-5-7-9-11-13-15-17-18-19-20-21-22-23-24-25-28-31-35-39-43-47-51-57(62)56(55-61)60-58(63)52-48-44-40-36-32-29-26-30-34-38-42-46-50-54-65-59(64)53-49-45-41-37-33-27-16-14-12-10-8-6-4-2/h14,16,29,32,47,51,56-57,61-62H,3-13,15,17-28,30-31,33-46,48-50,52-55H2,1-2H3,(H,60,63)/b16-14-,32-29-,51-47+. The Morgan fingerprint density at radius 2 is 0.723 bits per heavy atom. The van der Waals surface area contributed by atoms with Gasteiger partial charge in [0.1, 0.15) is 0 Å². The number of aliphatic hydroxyl groups excluding tert-OH is 2. The Bertz CT molecular complexity index is 1060. The number of hydrogen-bond acceptors (Lipinski definition) is 5. The summed E-state index contributed by atoms with van der Waals surface area (Å²) < 4.78 is 5.45. The van der Waals surface area contributed by atoms with Gasteiger partial charge in [0.25, 0.3) is 0 Å². The van der Waals surface area contributed by atoms with Gasteiger partial charge in [-0.05, 0) is 83.5 Å². The summed E-state index contributed by atoms with van der Waals surface area (Å²) in [6.45, 7) is 4.85. The van der Waals surface area contributed by atoms with Crippen LogP contribution in [-0.4, -0.2) is 47.4 Å². The lowest BCUT2D eigenvalue weighted by atomic mass is 10.0. The van der Waals surface area contributed by atoms with E-state index in [0.717, 1.165) is 70.6 Å². The quantitative estimate of drug-likeness (QED) is 0.0321. The van der Waals surface area contributed by atoms with E-state index in [1.807, 2.05) is 6.08 Å². The highest BCUT2D eigenvalue weighted by molar-refractivity contribution is 5.76. The topological polar surface area (TPSA) is 95.9 Å². The molecule has 0 spiro atoms. The lowest BCUT2D eigenvalue weighted by Gasteiger charge is -2.19. The molecule has 2 unspecified atom stereocenters. The highest BCUT2D eigenvalue weighted by Crippen LogP contribution is 2.16. The van der Waals surface area contributed by atoms with Gasteiger partial charge in [0.2, 0.25) is 5.91 Å². The molecular weight excluding hydrogens is 803 g/mol. The molecule has 6 heteroatoms. The Kier molecular flexibility index (Phi) is 53.1. The van der Waals surface area contributed by atoms with Crippen LogP contribution < -0.4 is 5.32 Å². The first-order valence-electron chi connectivity index (χ1n) is 28.8. The maximum absolute atomic E-state index is 12.5. The van der Waals surface area contributed by atoms with E-state index in [4.69, 9.17) is 4.74 Å². The highest BCUT2D eigenvalue weighted by atomic mass is 16.5. The van der Waals surface area contributed by atoms with E-state index >= 15 is 0 Å². The molecule has 0 fully saturated rings. The summed E-state index contributed by atoms with van der Waals surface area (Å²) in [7, 11) is 0. The Morgan fingerprint density at radius 1 is 0.415 bits per heavy atom. The van der Waals surface area contributed by atoms with Gasteiger partial charge in [-0.1, -0.05) is 243 Å². The van der Waals surface area contributed by atoms with E-state index in [1.165, 1.54) is 205 Å².